The second-order valence-corrected chi connectivity index (χ2v) is 8.02. The molecule has 2 heterocycles. The lowest BCUT2D eigenvalue weighted by molar-refractivity contribution is 0.0184. The first-order valence-electron chi connectivity index (χ1n) is 9.35. The molecule has 0 spiro atoms. The largest absolute Gasteiger partial charge is 0.444 e. The highest BCUT2D eigenvalue weighted by Crippen LogP contribution is 2.19. The Bertz CT molecular complexity index is 354. The summed E-state index contributed by atoms with van der Waals surface area (Å²) in [6, 6.07) is 0. The molecule has 1 amide bonds. The smallest absolute Gasteiger partial charge is 0.410 e. The SMILES string of the molecule is CC(C)(C)OC(=O)N1CCC(CNCCCN2CCCC2)CC1. The summed E-state index contributed by atoms with van der Waals surface area (Å²) in [5, 5.41) is 3.60. The van der Waals surface area contributed by atoms with Crippen LogP contribution in [0.25, 0.3) is 0 Å². The van der Waals surface area contributed by atoms with E-state index in [1.54, 1.807) is 0 Å². The summed E-state index contributed by atoms with van der Waals surface area (Å²) in [7, 11) is 0. The van der Waals surface area contributed by atoms with Crippen molar-refractivity contribution < 1.29 is 9.53 Å². The van der Waals surface area contributed by atoms with Crippen molar-refractivity contribution in [1.29, 1.82) is 0 Å². The molecule has 0 aliphatic carbocycles. The molecule has 134 valence electrons. The van der Waals surface area contributed by atoms with E-state index in [0.29, 0.717) is 5.92 Å². The number of nitrogens with one attached hydrogen (secondary N) is 1. The van der Waals surface area contributed by atoms with Crippen LogP contribution < -0.4 is 5.32 Å². The third-order valence-electron chi connectivity index (χ3n) is 4.73. The Morgan fingerprint density at radius 2 is 1.78 bits per heavy atom. The molecule has 1 N–H and O–H groups in total. The van der Waals surface area contributed by atoms with Gasteiger partial charge in [0.2, 0.25) is 0 Å². The second kappa shape index (κ2) is 8.88. The van der Waals surface area contributed by atoms with Gasteiger partial charge in [0.1, 0.15) is 5.60 Å². The first-order chi connectivity index (χ1) is 10.9. The van der Waals surface area contributed by atoms with Crippen molar-refractivity contribution in [3.8, 4) is 0 Å². The standard InChI is InChI=1S/C18H35N3O2/c1-18(2,3)23-17(22)21-13-7-16(8-14-21)15-19-9-6-12-20-10-4-5-11-20/h16,19H,4-15H2,1-3H3. The van der Waals surface area contributed by atoms with Gasteiger partial charge in [-0.3, -0.25) is 0 Å². The van der Waals surface area contributed by atoms with Gasteiger partial charge in [0.25, 0.3) is 0 Å². The molecule has 0 aromatic carbocycles. The summed E-state index contributed by atoms with van der Waals surface area (Å²) in [4.78, 5) is 16.5. The van der Waals surface area contributed by atoms with Crippen molar-refractivity contribution in [2.45, 2.75) is 58.5 Å². The Balaban J connectivity index is 1.51. The van der Waals surface area contributed by atoms with Crippen LogP contribution in [-0.4, -0.2) is 67.3 Å². The molecule has 23 heavy (non-hydrogen) atoms. The highest BCUT2D eigenvalue weighted by molar-refractivity contribution is 5.68. The van der Waals surface area contributed by atoms with E-state index >= 15 is 0 Å². The number of carbonyl (C=O) groups is 1. The average molecular weight is 325 g/mol. The molecule has 0 bridgehead atoms. The van der Waals surface area contributed by atoms with Crippen molar-refractivity contribution in [3.63, 3.8) is 0 Å². The van der Waals surface area contributed by atoms with Crippen LogP contribution >= 0.6 is 0 Å². The van der Waals surface area contributed by atoms with Gasteiger partial charge in [-0.1, -0.05) is 0 Å². The zero-order valence-electron chi connectivity index (χ0n) is 15.3. The van der Waals surface area contributed by atoms with E-state index in [9.17, 15) is 4.79 Å². The lowest BCUT2D eigenvalue weighted by atomic mass is 9.97. The van der Waals surface area contributed by atoms with Crippen LogP contribution in [-0.2, 0) is 4.74 Å². The number of rotatable bonds is 6. The normalized spacial score (nSPS) is 20.9. The van der Waals surface area contributed by atoms with Crippen LogP contribution in [0.4, 0.5) is 4.79 Å². The molecule has 2 rings (SSSR count). The van der Waals surface area contributed by atoms with E-state index in [1.807, 2.05) is 25.7 Å². The van der Waals surface area contributed by atoms with E-state index in [1.165, 1.54) is 38.9 Å². The molecule has 0 aromatic rings. The van der Waals surface area contributed by atoms with Gasteiger partial charge in [0.15, 0.2) is 0 Å². The Morgan fingerprint density at radius 1 is 1.13 bits per heavy atom. The maximum Gasteiger partial charge on any atom is 0.410 e. The Hall–Kier alpha value is -0.810. The highest BCUT2D eigenvalue weighted by atomic mass is 16.6. The van der Waals surface area contributed by atoms with Gasteiger partial charge in [-0.05, 0) is 91.5 Å². The molecule has 5 heteroatoms. The minimum absolute atomic E-state index is 0.158. The van der Waals surface area contributed by atoms with Crippen molar-refractivity contribution in [3.05, 3.63) is 0 Å². The topological polar surface area (TPSA) is 44.8 Å². The van der Waals surface area contributed by atoms with Gasteiger partial charge in [-0.2, -0.15) is 0 Å². The van der Waals surface area contributed by atoms with Crippen LogP contribution in [0, 0.1) is 5.92 Å². The van der Waals surface area contributed by atoms with Gasteiger partial charge < -0.3 is 19.9 Å². The summed E-state index contributed by atoms with van der Waals surface area (Å²) in [5.74, 6) is 0.695. The fourth-order valence-electron chi connectivity index (χ4n) is 3.39. The summed E-state index contributed by atoms with van der Waals surface area (Å²) >= 11 is 0. The van der Waals surface area contributed by atoms with Gasteiger partial charge >= 0.3 is 6.09 Å². The van der Waals surface area contributed by atoms with Crippen molar-refractivity contribution >= 4 is 6.09 Å². The average Bonchev–Trinajstić information content (AvgIpc) is 2.99. The first-order valence-corrected chi connectivity index (χ1v) is 9.35. The number of piperidine rings is 1. The van der Waals surface area contributed by atoms with E-state index in [4.69, 9.17) is 4.74 Å². The number of likely N-dealkylation sites (tertiary alicyclic amines) is 2. The van der Waals surface area contributed by atoms with Crippen LogP contribution in [0.3, 0.4) is 0 Å². The first kappa shape index (κ1) is 18.5. The summed E-state index contributed by atoms with van der Waals surface area (Å²) < 4.78 is 5.44. The maximum absolute atomic E-state index is 12.0. The molecule has 0 saturated carbocycles. The fourth-order valence-corrected chi connectivity index (χ4v) is 3.39. The van der Waals surface area contributed by atoms with Gasteiger partial charge in [-0.25, -0.2) is 4.79 Å². The van der Waals surface area contributed by atoms with E-state index in [-0.39, 0.29) is 6.09 Å². The molecule has 2 fully saturated rings. The molecule has 2 aliphatic rings. The fraction of sp³-hybridized carbons (Fsp3) is 0.944. The van der Waals surface area contributed by atoms with E-state index in [2.05, 4.69) is 10.2 Å². The summed E-state index contributed by atoms with van der Waals surface area (Å²) in [6.45, 7) is 13.4. The zero-order valence-corrected chi connectivity index (χ0v) is 15.3. The van der Waals surface area contributed by atoms with Crippen LogP contribution in [0.5, 0.6) is 0 Å². The molecule has 2 aliphatic heterocycles. The van der Waals surface area contributed by atoms with Gasteiger partial charge in [0.05, 0.1) is 0 Å². The van der Waals surface area contributed by atoms with E-state index < -0.39 is 5.60 Å². The highest BCUT2D eigenvalue weighted by Gasteiger charge is 2.26. The van der Waals surface area contributed by atoms with Crippen LogP contribution in [0.15, 0.2) is 0 Å². The van der Waals surface area contributed by atoms with Crippen LogP contribution in [0.1, 0.15) is 52.9 Å². The second-order valence-electron chi connectivity index (χ2n) is 8.02. The summed E-state index contributed by atoms with van der Waals surface area (Å²) in [6.07, 6.45) is 6.01. The molecular formula is C18H35N3O2. The number of nitrogens with zero attached hydrogens (tertiary/aromatic N) is 2. The van der Waals surface area contributed by atoms with Crippen LogP contribution in [0.2, 0.25) is 0 Å². The third-order valence-corrected chi connectivity index (χ3v) is 4.73. The molecule has 0 atom stereocenters. The maximum atomic E-state index is 12.0. The van der Waals surface area contributed by atoms with Crippen molar-refractivity contribution in [2.75, 3.05) is 45.8 Å². The predicted molar refractivity (Wildman–Crippen MR) is 93.7 cm³/mol. The zero-order chi connectivity index (χ0) is 16.7. The molecule has 2 saturated heterocycles. The third kappa shape index (κ3) is 7.08. The minimum Gasteiger partial charge on any atom is -0.444 e. The number of ether oxygens (including phenoxy) is 1. The Morgan fingerprint density at radius 3 is 2.39 bits per heavy atom. The predicted octanol–water partition coefficient (Wildman–Crippen LogP) is 2.71. The van der Waals surface area contributed by atoms with Crippen molar-refractivity contribution in [2.24, 2.45) is 5.92 Å². The van der Waals surface area contributed by atoms with Gasteiger partial charge in [0, 0.05) is 13.1 Å². The molecule has 0 radical (unpaired) electrons. The molecule has 0 aromatic heterocycles. The van der Waals surface area contributed by atoms with Crippen molar-refractivity contribution in [1.82, 2.24) is 15.1 Å². The monoisotopic (exact) mass is 325 g/mol. The molecule has 5 nitrogen and oxygen atoms in total. The molecule has 0 unspecified atom stereocenters. The quantitative estimate of drug-likeness (QED) is 0.763. The molecular weight excluding hydrogens is 290 g/mol. The lowest BCUT2D eigenvalue weighted by Crippen LogP contribution is -2.43. The Kier molecular flexibility index (Phi) is 7.15. The number of carbonyl (C=O) groups excluding carboxylic acids is 1. The lowest BCUT2D eigenvalue weighted by Gasteiger charge is -2.33. The van der Waals surface area contributed by atoms with E-state index in [0.717, 1.165) is 39.0 Å². The minimum atomic E-state index is -0.398. The van der Waals surface area contributed by atoms with Gasteiger partial charge in [-0.15, -0.1) is 0 Å². The number of hydrogen-bond donors (Lipinski definition) is 1. The number of hydrogen-bond acceptors (Lipinski definition) is 4. The number of amides is 1. The summed E-state index contributed by atoms with van der Waals surface area (Å²) in [5.41, 5.74) is -0.398. The Labute approximate surface area is 141 Å².